The lowest BCUT2D eigenvalue weighted by Crippen LogP contribution is -2.32. The van der Waals surface area contributed by atoms with Gasteiger partial charge >= 0.3 is 0 Å². The molecule has 0 aromatic heterocycles. The van der Waals surface area contributed by atoms with Crippen LogP contribution in [0.15, 0.2) is 24.3 Å². The molecule has 0 radical (unpaired) electrons. The molecular weight excluding hydrogens is 208 g/mol. The summed E-state index contributed by atoms with van der Waals surface area (Å²) in [6, 6.07) is 9.06. The first-order valence-corrected chi connectivity index (χ1v) is 5.77. The van der Waals surface area contributed by atoms with Crippen LogP contribution < -0.4 is 5.73 Å². The molecule has 3 heteroatoms. The molecule has 1 aromatic carbocycles. The summed E-state index contributed by atoms with van der Waals surface area (Å²) in [7, 11) is 2.16. The molecular formula is C12H17ClN2. The van der Waals surface area contributed by atoms with E-state index in [-0.39, 0.29) is 0 Å². The van der Waals surface area contributed by atoms with E-state index < -0.39 is 0 Å². The fourth-order valence-corrected chi connectivity index (χ4v) is 2.08. The number of nitrogens with zero attached hydrogens (tertiary/aromatic N) is 1. The third-order valence-electron chi connectivity index (χ3n) is 3.09. The van der Waals surface area contributed by atoms with E-state index >= 15 is 0 Å². The maximum atomic E-state index is 5.87. The highest BCUT2D eigenvalue weighted by atomic mass is 35.5. The molecule has 1 aromatic rings. The number of rotatable bonds is 4. The fourth-order valence-electron chi connectivity index (χ4n) is 1.96. The molecule has 1 aliphatic carbocycles. The van der Waals surface area contributed by atoms with Gasteiger partial charge in [-0.25, -0.2) is 0 Å². The van der Waals surface area contributed by atoms with Gasteiger partial charge in [0, 0.05) is 23.7 Å². The van der Waals surface area contributed by atoms with E-state index in [9.17, 15) is 0 Å². The van der Waals surface area contributed by atoms with Gasteiger partial charge in [-0.05, 0) is 37.6 Å². The fraction of sp³-hybridized carbons (Fsp3) is 0.500. The van der Waals surface area contributed by atoms with Crippen molar-refractivity contribution in [3.63, 3.8) is 0 Å². The molecule has 0 aliphatic heterocycles. The van der Waals surface area contributed by atoms with Crippen LogP contribution in [0.4, 0.5) is 0 Å². The molecule has 15 heavy (non-hydrogen) atoms. The number of benzene rings is 1. The van der Waals surface area contributed by atoms with Gasteiger partial charge in [0.05, 0.1) is 0 Å². The van der Waals surface area contributed by atoms with Crippen LogP contribution in [-0.2, 0) is 0 Å². The summed E-state index contributed by atoms with van der Waals surface area (Å²) in [5.74, 6) is 0. The molecule has 1 atom stereocenters. The molecule has 2 N–H and O–H groups in total. The normalized spacial score (nSPS) is 18.1. The van der Waals surface area contributed by atoms with Crippen molar-refractivity contribution in [3.05, 3.63) is 34.9 Å². The van der Waals surface area contributed by atoms with Gasteiger partial charge in [-0.3, -0.25) is 4.90 Å². The molecule has 1 fully saturated rings. The van der Waals surface area contributed by atoms with E-state index in [1.807, 2.05) is 12.1 Å². The molecule has 0 bridgehead atoms. The van der Waals surface area contributed by atoms with Gasteiger partial charge in [-0.1, -0.05) is 23.7 Å². The second-order valence-electron chi connectivity index (χ2n) is 4.20. The third-order valence-corrected chi connectivity index (χ3v) is 3.34. The summed E-state index contributed by atoms with van der Waals surface area (Å²) in [4.78, 5) is 2.38. The number of likely N-dealkylation sites (N-methyl/N-ethyl adjacent to an activating group) is 1. The lowest BCUT2D eigenvalue weighted by Gasteiger charge is -2.27. The lowest BCUT2D eigenvalue weighted by atomic mass is 10.1. The monoisotopic (exact) mass is 224 g/mol. The Bertz CT molecular complexity index is 319. The minimum Gasteiger partial charge on any atom is -0.329 e. The number of nitrogens with two attached hydrogens (primary N) is 1. The first-order chi connectivity index (χ1) is 7.22. The summed E-state index contributed by atoms with van der Waals surface area (Å²) in [5.41, 5.74) is 7.10. The summed E-state index contributed by atoms with van der Waals surface area (Å²) < 4.78 is 0. The van der Waals surface area contributed by atoms with Crippen molar-refractivity contribution in [2.45, 2.75) is 24.9 Å². The van der Waals surface area contributed by atoms with Crippen LogP contribution in [-0.4, -0.2) is 24.5 Å². The Kier molecular flexibility index (Phi) is 3.29. The standard InChI is InChI=1S/C12H17ClN2/c1-15(11-6-7-11)12(8-14)9-2-4-10(13)5-3-9/h2-5,11-12H,6-8,14H2,1H3. The van der Waals surface area contributed by atoms with E-state index in [4.69, 9.17) is 17.3 Å². The topological polar surface area (TPSA) is 29.3 Å². The van der Waals surface area contributed by atoms with Crippen molar-refractivity contribution < 1.29 is 0 Å². The average Bonchev–Trinajstić information content (AvgIpc) is 3.05. The zero-order chi connectivity index (χ0) is 10.8. The Hall–Kier alpha value is -0.570. The second-order valence-corrected chi connectivity index (χ2v) is 4.64. The van der Waals surface area contributed by atoms with Crippen LogP contribution >= 0.6 is 11.6 Å². The molecule has 0 amide bonds. The molecule has 2 rings (SSSR count). The van der Waals surface area contributed by atoms with Gasteiger partial charge in [-0.2, -0.15) is 0 Å². The van der Waals surface area contributed by atoms with Crippen LogP contribution in [0.25, 0.3) is 0 Å². The van der Waals surface area contributed by atoms with Gasteiger partial charge in [0.25, 0.3) is 0 Å². The van der Waals surface area contributed by atoms with Crippen molar-refractivity contribution in [1.29, 1.82) is 0 Å². The Morgan fingerprint density at radius 1 is 1.40 bits per heavy atom. The minimum atomic E-state index is 0.328. The molecule has 0 heterocycles. The predicted molar refractivity (Wildman–Crippen MR) is 64.0 cm³/mol. The van der Waals surface area contributed by atoms with Gasteiger partial charge < -0.3 is 5.73 Å². The van der Waals surface area contributed by atoms with Crippen LogP contribution in [0, 0.1) is 0 Å². The van der Waals surface area contributed by atoms with E-state index in [2.05, 4.69) is 24.1 Å². The van der Waals surface area contributed by atoms with E-state index in [0.717, 1.165) is 11.1 Å². The smallest absolute Gasteiger partial charge is 0.0470 e. The highest BCUT2D eigenvalue weighted by Gasteiger charge is 2.30. The summed E-state index contributed by atoms with van der Waals surface area (Å²) >= 11 is 5.87. The Labute approximate surface area is 96.0 Å². The van der Waals surface area contributed by atoms with Gasteiger partial charge in [-0.15, -0.1) is 0 Å². The maximum absolute atomic E-state index is 5.87. The SMILES string of the molecule is CN(C1CC1)C(CN)c1ccc(Cl)cc1. The van der Waals surface area contributed by atoms with Crippen LogP contribution in [0.5, 0.6) is 0 Å². The molecule has 82 valence electrons. The van der Waals surface area contributed by atoms with E-state index in [0.29, 0.717) is 12.6 Å². The van der Waals surface area contributed by atoms with E-state index in [1.165, 1.54) is 18.4 Å². The van der Waals surface area contributed by atoms with Gasteiger partial charge in [0.1, 0.15) is 0 Å². The zero-order valence-corrected chi connectivity index (χ0v) is 9.74. The van der Waals surface area contributed by atoms with Gasteiger partial charge in [0.2, 0.25) is 0 Å². The summed E-state index contributed by atoms with van der Waals surface area (Å²) in [6.07, 6.45) is 2.61. The average molecular weight is 225 g/mol. The second kappa shape index (κ2) is 4.52. The van der Waals surface area contributed by atoms with Crippen molar-refractivity contribution >= 4 is 11.6 Å². The van der Waals surface area contributed by atoms with Crippen molar-refractivity contribution in [1.82, 2.24) is 4.90 Å². The van der Waals surface area contributed by atoms with Crippen molar-refractivity contribution in [3.8, 4) is 0 Å². The van der Waals surface area contributed by atoms with Crippen molar-refractivity contribution in [2.24, 2.45) is 5.73 Å². The van der Waals surface area contributed by atoms with Crippen LogP contribution in [0.3, 0.4) is 0 Å². The summed E-state index contributed by atoms with van der Waals surface area (Å²) in [6.45, 7) is 0.661. The van der Waals surface area contributed by atoms with Crippen LogP contribution in [0.2, 0.25) is 5.02 Å². The predicted octanol–water partition coefficient (Wildman–Crippen LogP) is 2.43. The number of halogens is 1. The molecule has 1 aliphatic rings. The zero-order valence-electron chi connectivity index (χ0n) is 8.99. The Balaban J connectivity index is 2.14. The minimum absolute atomic E-state index is 0.328. The van der Waals surface area contributed by atoms with Gasteiger partial charge in [0.15, 0.2) is 0 Å². The summed E-state index contributed by atoms with van der Waals surface area (Å²) in [5, 5.41) is 0.781. The molecule has 0 spiro atoms. The van der Waals surface area contributed by atoms with Crippen LogP contribution in [0.1, 0.15) is 24.4 Å². The van der Waals surface area contributed by atoms with E-state index in [1.54, 1.807) is 0 Å². The van der Waals surface area contributed by atoms with Crippen molar-refractivity contribution in [2.75, 3.05) is 13.6 Å². The largest absolute Gasteiger partial charge is 0.329 e. The Morgan fingerprint density at radius 3 is 2.47 bits per heavy atom. The molecule has 1 unspecified atom stereocenters. The number of hydrogen-bond acceptors (Lipinski definition) is 2. The molecule has 2 nitrogen and oxygen atoms in total. The molecule has 0 saturated heterocycles. The quantitative estimate of drug-likeness (QED) is 0.851. The first-order valence-electron chi connectivity index (χ1n) is 5.40. The Morgan fingerprint density at radius 2 is 2.00 bits per heavy atom. The first kappa shape index (κ1) is 10.9. The number of hydrogen-bond donors (Lipinski definition) is 1. The highest BCUT2D eigenvalue weighted by Crippen LogP contribution is 2.32. The third kappa shape index (κ3) is 2.51. The highest BCUT2D eigenvalue weighted by molar-refractivity contribution is 6.30. The molecule has 1 saturated carbocycles. The lowest BCUT2D eigenvalue weighted by molar-refractivity contribution is 0.240. The maximum Gasteiger partial charge on any atom is 0.0470 e.